The number of phenols is 1. The molecular formula is C11H15NO3. The van der Waals surface area contributed by atoms with Crippen LogP contribution in [0.1, 0.15) is 18.4 Å². The number of aromatic hydroxyl groups is 1. The Morgan fingerprint density at radius 2 is 1.93 bits per heavy atom. The molecule has 1 unspecified atom stereocenters. The predicted molar refractivity (Wildman–Crippen MR) is 56.6 cm³/mol. The second-order valence-corrected chi connectivity index (χ2v) is 3.69. The average molecular weight is 209 g/mol. The lowest BCUT2D eigenvalue weighted by Gasteiger charge is -2.21. The zero-order valence-corrected chi connectivity index (χ0v) is 8.69. The van der Waals surface area contributed by atoms with E-state index in [1.54, 1.807) is 12.1 Å². The molecule has 0 saturated heterocycles. The Morgan fingerprint density at radius 3 is 2.53 bits per heavy atom. The first kappa shape index (κ1) is 10.1. The normalized spacial score (nSPS) is 16.1. The summed E-state index contributed by atoms with van der Waals surface area (Å²) in [5.74, 6) is 1.62. The van der Waals surface area contributed by atoms with E-state index in [0.29, 0.717) is 31.3 Å². The van der Waals surface area contributed by atoms with Gasteiger partial charge in [-0.1, -0.05) is 6.92 Å². The van der Waals surface area contributed by atoms with E-state index in [0.717, 1.165) is 5.56 Å². The van der Waals surface area contributed by atoms with Gasteiger partial charge < -0.3 is 20.3 Å². The molecule has 0 aliphatic carbocycles. The van der Waals surface area contributed by atoms with Gasteiger partial charge in [0.1, 0.15) is 19.0 Å². The molecule has 0 amide bonds. The zero-order valence-electron chi connectivity index (χ0n) is 8.69. The Hall–Kier alpha value is -1.42. The Kier molecular flexibility index (Phi) is 2.68. The molecule has 1 heterocycles. The summed E-state index contributed by atoms with van der Waals surface area (Å²) < 4.78 is 10.8. The molecule has 0 fully saturated rings. The van der Waals surface area contributed by atoms with Crippen molar-refractivity contribution < 1.29 is 14.6 Å². The molecule has 4 nitrogen and oxygen atoms in total. The van der Waals surface area contributed by atoms with Gasteiger partial charge in [0.2, 0.25) is 0 Å². The van der Waals surface area contributed by atoms with Crippen LogP contribution in [0.4, 0.5) is 0 Å². The first-order valence-electron chi connectivity index (χ1n) is 5.05. The number of phenolic OH excluding ortho intramolecular Hbond substituents is 1. The SMILES string of the molecule is CC(CN)c1cc2c(cc1O)OCCO2. The second-order valence-electron chi connectivity index (χ2n) is 3.69. The fourth-order valence-electron chi connectivity index (χ4n) is 1.62. The highest BCUT2D eigenvalue weighted by Crippen LogP contribution is 2.38. The molecular weight excluding hydrogens is 194 g/mol. The Bertz CT molecular complexity index is 365. The first-order valence-corrected chi connectivity index (χ1v) is 5.05. The summed E-state index contributed by atoms with van der Waals surface area (Å²) in [6, 6.07) is 3.40. The van der Waals surface area contributed by atoms with Crippen LogP contribution in [-0.4, -0.2) is 24.9 Å². The molecule has 0 aromatic heterocycles. The van der Waals surface area contributed by atoms with Gasteiger partial charge in [-0.15, -0.1) is 0 Å². The van der Waals surface area contributed by atoms with Crippen LogP contribution in [0, 0.1) is 0 Å². The number of benzene rings is 1. The van der Waals surface area contributed by atoms with Crippen LogP contribution in [-0.2, 0) is 0 Å². The third kappa shape index (κ3) is 1.85. The van der Waals surface area contributed by atoms with Crippen molar-refractivity contribution in [2.45, 2.75) is 12.8 Å². The Labute approximate surface area is 88.6 Å². The number of nitrogens with two attached hydrogens (primary N) is 1. The highest BCUT2D eigenvalue weighted by molar-refractivity contribution is 5.51. The van der Waals surface area contributed by atoms with Gasteiger partial charge in [0.25, 0.3) is 0 Å². The minimum atomic E-state index is 0.112. The lowest BCUT2D eigenvalue weighted by Crippen LogP contribution is -2.16. The van der Waals surface area contributed by atoms with E-state index in [4.69, 9.17) is 15.2 Å². The maximum absolute atomic E-state index is 9.78. The molecule has 1 aliphatic heterocycles. The van der Waals surface area contributed by atoms with Crippen LogP contribution >= 0.6 is 0 Å². The van der Waals surface area contributed by atoms with Gasteiger partial charge in [-0.2, -0.15) is 0 Å². The number of fused-ring (bicyclic) bond motifs is 1. The molecule has 0 spiro atoms. The van der Waals surface area contributed by atoms with Crippen molar-refractivity contribution in [1.29, 1.82) is 0 Å². The summed E-state index contributed by atoms with van der Waals surface area (Å²) in [5, 5.41) is 9.78. The molecule has 0 saturated carbocycles. The molecule has 3 N–H and O–H groups in total. The van der Waals surface area contributed by atoms with Gasteiger partial charge in [0.15, 0.2) is 11.5 Å². The summed E-state index contributed by atoms with van der Waals surface area (Å²) >= 11 is 0. The van der Waals surface area contributed by atoms with Crippen molar-refractivity contribution in [1.82, 2.24) is 0 Å². The van der Waals surface area contributed by atoms with Crippen LogP contribution < -0.4 is 15.2 Å². The fourth-order valence-corrected chi connectivity index (χ4v) is 1.62. The Morgan fingerprint density at radius 1 is 1.33 bits per heavy atom. The van der Waals surface area contributed by atoms with Gasteiger partial charge in [0, 0.05) is 11.6 Å². The Balaban J connectivity index is 2.40. The number of ether oxygens (including phenoxy) is 2. The molecule has 1 atom stereocenters. The fraction of sp³-hybridized carbons (Fsp3) is 0.455. The molecule has 15 heavy (non-hydrogen) atoms. The zero-order chi connectivity index (χ0) is 10.8. The van der Waals surface area contributed by atoms with Crippen molar-refractivity contribution in [3.63, 3.8) is 0 Å². The van der Waals surface area contributed by atoms with Gasteiger partial charge >= 0.3 is 0 Å². The van der Waals surface area contributed by atoms with Crippen LogP contribution in [0.2, 0.25) is 0 Å². The molecule has 0 radical (unpaired) electrons. The maximum Gasteiger partial charge on any atom is 0.165 e. The summed E-state index contributed by atoms with van der Waals surface area (Å²) in [5.41, 5.74) is 6.37. The molecule has 82 valence electrons. The van der Waals surface area contributed by atoms with Crippen molar-refractivity contribution >= 4 is 0 Å². The second kappa shape index (κ2) is 3.98. The van der Waals surface area contributed by atoms with E-state index in [9.17, 15) is 5.11 Å². The minimum Gasteiger partial charge on any atom is -0.508 e. The molecule has 1 aromatic rings. The van der Waals surface area contributed by atoms with Crippen molar-refractivity contribution in [2.75, 3.05) is 19.8 Å². The summed E-state index contributed by atoms with van der Waals surface area (Å²) in [6.07, 6.45) is 0. The molecule has 2 rings (SSSR count). The topological polar surface area (TPSA) is 64.7 Å². The molecule has 1 aliphatic rings. The minimum absolute atomic E-state index is 0.112. The van der Waals surface area contributed by atoms with Gasteiger partial charge in [-0.25, -0.2) is 0 Å². The maximum atomic E-state index is 9.78. The van der Waals surface area contributed by atoms with Crippen molar-refractivity contribution in [2.24, 2.45) is 5.73 Å². The van der Waals surface area contributed by atoms with E-state index >= 15 is 0 Å². The van der Waals surface area contributed by atoms with Crippen LogP contribution in [0.3, 0.4) is 0 Å². The van der Waals surface area contributed by atoms with Crippen molar-refractivity contribution in [3.8, 4) is 17.2 Å². The van der Waals surface area contributed by atoms with Gasteiger partial charge in [0.05, 0.1) is 0 Å². The molecule has 0 bridgehead atoms. The van der Waals surface area contributed by atoms with Gasteiger partial charge in [-0.3, -0.25) is 0 Å². The quantitative estimate of drug-likeness (QED) is 0.768. The highest BCUT2D eigenvalue weighted by Gasteiger charge is 2.17. The van der Waals surface area contributed by atoms with E-state index in [2.05, 4.69) is 0 Å². The van der Waals surface area contributed by atoms with E-state index in [1.165, 1.54) is 0 Å². The largest absolute Gasteiger partial charge is 0.508 e. The molecule has 1 aromatic carbocycles. The lowest BCUT2D eigenvalue weighted by molar-refractivity contribution is 0.170. The first-order chi connectivity index (χ1) is 7.22. The third-order valence-electron chi connectivity index (χ3n) is 2.58. The smallest absolute Gasteiger partial charge is 0.165 e. The number of hydrogen-bond acceptors (Lipinski definition) is 4. The van der Waals surface area contributed by atoms with Crippen molar-refractivity contribution in [3.05, 3.63) is 17.7 Å². The summed E-state index contributed by atoms with van der Waals surface area (Å²) in [7, 11) is 0. The van der Waals surface area contributed by atoms with Crippen LogP contribution in [0.15, 0.2) is 12.1 Å². The predicted octanol–water partition coefficient (Wildman–Crippen LogP) is 1.23. The summed E-state index contributed by atoms with van der Waals surface area (Å²) in [6.45, 7) is 3.53. The van der Waals surface area contributed by atoms with E-state index in [1.807, 2.05) is 6.92 Å². The van der Waals surface area contributed by atoms with Gasteiger partial charge in [-0.05, 0) is 18.5 Å². The van der Waals surface area contributed by atoms with E-state index in [-0.39, 0.29) is 11.7 Å². The van der Waals surface area contributed by atoms with Crippen LogP contribution in [0.5, 0.6) is 17.2 Å². The monoisotopic (exact) mass is 209 g/mol. The van der Waals surface area contributed by atoms with Crippen LogP contribution in [0.25, 0.3) is 0 Å². The highest BCUT2D eigenvalue weighted by atomic mass is 16.6. The van der Waals surface area contributed by atoms with E-state index < -0.39 is 0 Å². The average Bonchev–Trinajstić information content (AvgIpc) is 2.27. The standard InChI is InChI=1S/C11H15NO3/c1-7(6-12)8-4-10-11(5-9(8)13)15-3-2-14-10/h4-5,7,13H,2-3,6,12H2,1H3. The third-order valence-corrected chi connectivity index (χ3v) is 2.58. The number of rotatable bonds is 2. The number of hydrogen-bond donors (Lipinski definition) is 2. The summed E-state index contributed by atoms with van der Waals surface area (Å²) in [4.78, 5) is 0. The molecule has 4 heteroatoms. The lowest BCUT2D eigenvalue weighted by atomic mass is 9.99.